The van der Waals surface area contributed by atoms with Gasteiger partial charge in [-0.05, 0) is 19.4 Å². The third kappa shape index (κ3) is 3.14. The molecule has 0 radical (unpaired) electrons. The van der Waals surface area contributed by atoms with Gasteiger partial charge in [0.25, 0.3) is 0 Å². The summed E-state index contributed by atoms with van der Waals surface area (Å²) in [6.45, 7) is 4.54. The summed E-state index contributed by atoms with van der Waals surface area (Å²) in [4.78, 5) is 7.44. The Morgan fingerprint density at radius 1 is 1.57 bits per heavy atom. The zero-order valence-corrected chi connectivity index (χ0v) is 9.38. The average Bonchev–Trinajstić information content (AvgIpc) is 2.67. The monoisotopic (exact) mass is 195 g/mol. The molecular formula is C11H21N3. The van der Waals surface area contributed by atoms with E-state index < -0.39 is 0 Å². The average molecular weight is 195 g/mol. The highest BCUT2D eigenvalue weighted by atomic mass is 15.0. The smallest absolute Gasteiger partial charge is 0.123 e. The molecule has 2 atom stereocenters. The number of hydrogen-bond acceptors (Lipinski definition) is 2. The van der Waals surface area contributed by atoms with E-state index in [4.69, 9.17) is 0 Å². The van der Waals surface area contributed by atoms with E-state index in [2.05, 4.69) is 29.1 Å². The van der Waals surface area contributed by atoms with Gasteiger partial charge in [-0.15, -0.1) is 0 Å². The number of nitrogens with zero attached hydrogens (tertiary/aromatic N) is 1. The van der Waals surface area contributed by atoms with Gasteiger partial charge >= 0.3 is 0 Å². The maximum absolute atomic E-state index is 4.28. The molecule has 0 saturated heterocycles. The van der Waals surface area contributed by atoms with Crippen molar-refractivity contribution in [3.8, 4) is 0 Å². The van der Waals surface area contributed by atoms with Crippen LogP contribution in [0.2, 0.25) is 0 Å². The van der Waals surface area contributed by atoms with Gasteiger partial charge in [-0.1, -0.05) is 26.7 Å². The van der Waals surface area contributed by atoms with Crippen LogP contribution in [-0.4, -0.2) is 17.0 Å². The molecule has 80 valence electrons. The molecule has 0 aliphatic heterocycles. The van der Waals surface area contributed by atoms with Crippen molar-refractivity contribution in [1.82, 2.24) is 15.3 Å². The lowest BCUT2D eigenvalue weighted by Gasteiger charge is -2.18. The van der Waals surface area contributed by atoms with E-state index in [1.54, 1.807) is 0 Å². The van der Waals surface area contributed by atoms with Gasteiger partial charge in [-0.3, -0.25) is 0 Å². The zero-order chi connectivity index (χ0) is 10.4. The van der Waals surface area contributed by atoms with E-state index >= 15 is 0 Å². The fourth-order valence-electron chi connectivity index (χ4n) is 1.85. The topological polar surface area (TPSA) is 40.7 Å². The van der Waals surface area contributed by atoms with E-state index in [0.29, 0.717) is 6.04 Å². The van der Waals surface area contributed by atoms with Crippen molar-refractivity contribution in [2.45, 2.75) is 39.2 Å². The fourth-order valence-corrected chi connectivity index (χ4v) is 1.85. The lowest BCUT2D eigenvalue weighted by atomic mass is 9.97. The van der Waals surface area contributed by atoms with Gasteiger partial charge in [0.1, 0.15) is 5.82 Å². The molecule has 14 heavy (non-hydrogen) atoms. The van der Waals surface area contributed by atoms with Crippen molar-refractivity contribution in [1.29, 1.82) is 0 Å². The van der Waals surface area contributed by atoms with Gasteiger partial charge in [0, 0.05) is 12.4 Å². The second-order valence-electron chi connectivity index (χ2n) is 3.95. The van der Waals surface area contributed by atoms with Crippen LogP contribution in [0.1, 0.15) is 45.0 Å². The highest BCUT2D eigenvalue weighted by molar-refractivity contribution is 4.95. The minimum absolute atomic E-state index is 0.367. The molecule has 1 aromatic rings. The van der Waals surface area contributed by atoms with E-state index in [1.165, 1.54) is 12.8 Å². The van der Waals surface area contributed by atoms with Gasteiger partial charge in [0.15, 0.2) is 0 Å². The van der Waals surface area contributed by atoms with Crippen molar-refractivity contribution in [3.05, 3.63) is 18.2 Å². The summed E-state index contributed by atoms with van der Waals surface area (Å²) in [5.41, 5.74) is 0. The predicted octanol–water partition coefficient (Wildman–Crippen LogP) is 2.50. The minimum Gasteiger partial charge on any atom is -0.347 e. The maximum atomic E-state index is 4.28. The van der Waals surface area contributed by atoms with Crippen LogP contribution in [0.3, 0.4) is 0 Å². The molecule has 0 bridgehead atoms. The van der Waals surface area contributed by atoms with E-state index in [0.717, 1.165) is 18.2 Å². The van der Waals surface area contributed by atoms with Crippen LogP contribution < -0.4 is 5.32 Å². The second kappa shape index (κ2) is 5.81. The summed E-state index contributed by atoms with van der Waals surface area (Å²) in [6, 6.07) is 0.367. The van der Waals surface area contributed by atoms with E-state index in [1.807, 2.05) is 19.4 Å². The van der Waals surface area contributed by atoms with Crippen LogP contribution in [0.5, 0.6) is 0 Å². The van der Waals surface area contributed by atoms with Crippen molar-refractivity contribution in [2.24, 2.45) is 5.92 Å². The van der Waals surface area contributed by atoms with E-state index in [-0.39, 0.29) is 0 Å². The minimum atomic E-state index is 0.367. The highest BCUT2D eigenvalue weighted by Gasteiger charge is 2.14. The Morgan fingerprint density at radius 3 is 2.86 bits per heavy atom. The summed E-state index contributed by atoms with van der Waals surface area (Å²) in [5.74, 6) is 1.80. The van der Waals surface area contributed by atoms with Crippen LogP contribution in [0.15, 0.2) is 12.4 Å². The largest absolute Gasteiger partial charge is 0.347 e. The Morgan fingerprint density at radius 2 is 2.36 bits per heavy atom. The molecule has 0 aliphatic carbocycles. The molecule has 0 amide bonds. The fraction of sp³-hybridized carbons (Fsp3) is 0.727. The lowest BCUT2D eigenvalue weighted by molar-refractivity contribution is 0.397. The second-order valence-corrected chi connectivity index (χ2v) is 3.95. The van der Waals surface area contributed by atoms with Gasteiger partial charge in [-0.2, -0.15) is 0 Å². The number of imidazole rings is 1. The first-order chi connectivity index (χ1) is 6.77. The van der Waals surface area contributed by atoms with Crippen LogP contribution >= 0.6 is 0 Å². The quantitative estimate of drug-likeness (QED) is 0.732. The SMILES string of the molecule is CCCC(C)CC(NC)c1ncc[nH]1. The third-order valence-corrected chi connectivity index (χ3v) is 2.62. The van der Waals surface area contributed by atoms with Crippen LogP contribution in [0, 0.1) is 5.92 Å². The Balaban J connectivity index is 2.47. The van der Waals surface area contributed by atoms with Gasteiger partial charge in [0.05, 0.1) is 6.04 Å². The number of aromatic amines is 1. The van der Waals surface area contributed by atoms with Crippen molar-refractivity contribution < 1.29 is 0 Å². The molecule has 0 aromatic carbocycles. The van der Waals surface area contributed by atoms with Crippen molar-refractivity contribution in [3.63, 3.8) is 0 Å². The number of rotatable bonds is 6. The van der Waals surface area contributed by atoms with Crippen LogP contribution in [-0.2, 0) is 0 Å². The number of H-pyrrole nitrogens is 1. The Labute approximate surface area is 86.3 Å². The van der Waals surface area contributed by atoms with Gasteiger partial charge in [0.2, 0.25) is 0 Å². The first-order valence-corrected chi connectivity index (χ1v) is 5.44. The normalized spacial score (nSPS) is 15.4. The molecule has 1 rings (SSSR count). The molecule has 3 nitrogen and oxygen atoms in total. The molecule has 1 aromatic heterocycles. The molecule has 0 aliphatic rings. The Bertz CT molecular complexity index is 231. The van der Waals surface area contributed by atoms with E-state index in [9.17, 15) is 0 Å². The molecule has 2 N–H and O–H groups in total. The molecule has 1 heterocycles. The van der Waals surface area contributed by atoms with Crippen molar-refractivity contribution >= 4 is 0 Å². The molecular weight excluding hydrogens is 174 g/mol. The van der Waals surface area contributed by atoms with Gasteiger partial charge in [-0.25, -0.2) is 4.98 Å². The Hall–Kier alpha value is -0.830. The first kappa shape index (κ1) is 11.2. The number of hydrogen-bond donors (Lipinski definition) is 2. The number of aromatic nitrogens is 2. The maximum Gasteiger partial charge on any atom is 0.123 e. The predicted molar refractivity (Wildman–Crippen MR) is 59.1 cm³/mol. The molecule has 3 heteroatoms. The Kier molecular flexibility index (Phi) is 4.66. The summed E-state index contributed by atoms with van der Waals surface area (Å²) in [7, 11) is 1.99. The van der Waals surface area contributed by atoms with Crippen LogP contribution in [0.25, 0.3) is 0 Å². The number of nitrogens with one attached hydrogen (secondary N) is 2. The molecule has 0 fully saturated rings. The van der Waals surface area contributed by atoms with Crippen molar-refractivity contribution in [2.75, 3.05) is 7.05 Å². The standard InChI is InChI=1S/C11H21N3/c1-4-5-9(2)8-10(12-3)11-13-6-7-14-11/h6-7,9-10,12H,4-5,8H2,1-3H3,(H,13,14). The summed E-state index contributed by atoms with van der Waals surface area (Å²) < 4.78 is 0. The first-order valence-electron chi connectivity index (χ1n) is 5.44. The van der Waals surface area contributed by atoms with Crippen LogP contribution in [0.4, 0.5) is 0 Å². The lowest BCUT2D eigenvalue weighted by Crippen LogP contribution is -2.20. The zero-order valence-electron chi connectivity index (χ0n) is 9.38. The van der Waals surface area contributed by atoms with Gasteiger partial charge < -0.3 is 10.3 Å². The third-order valence-electron chi connectivity index (χ3n) is 2.62. The summed E-state index contributed by atoms with van der Waals surface area (Å²) in [6.07, 6.45) is 7.39. The molecule has 0 spiro atoms. The summed E-state index contributed by atoms with van der Waals surface area (Å²) in [5, 5.41) is 3.30. The highest BCUT2D eigenvalue weighted by Crippen LogP contribution is 2.20. The summed E-state index contributed by atoms with van der Waals surface area (Å²) >= 11 is 0. The molecule has 2 unspecified atom stereocenters. The molecule has 0 saturated carbocycles.